The van der Waals surface area contributed by atoms with Gasteiger partial charge in [0.1, 0.15) is 0 Å². The Hall–Kier alpha value is -0.820. The van der Waals surface area contributed by atoms with Crippen LogP contribution in [0.5, 0.6) is 0 Å². The van der Waals surface area contributed by atoms with E-state index in [0.717, 1.165) is 12.0 Å². The van der Waals surface area contributed by atoms with E-state index >= 15 is 0 Å². The third kappa shape index (κ3) is 1.93. The molecule has 0 unspecified atom stereocenters. The predicted octanol–water partition coefficient (Wildman–Crippen LogP) is 2.97. The monoisotopic (exact) mass is 204 g/mol. The molecule has 0 heterocycles. The number of aliphatic hydroxyl groups excluding tert-OH is 1. The van der Waals surface area contributed by atoms with Gasteiger partial charge in [-0.25, -0.2) is 0 Å². The van der Waals surface area contributed by atoms with E-state index in [1.165, 1.54) is 29.5 Å². The minimum absolute atomic E-state index is 0.182. The smallest absolute Gasteiger partial charge is 0.0684 e. The summed E-state index contributed by atoms with van der Waals surface area (Å²) in [4.78, 5) is 0. The zero-order valence-electron chi connectivity index (χ0n) is 9.93. The number of benzene rings is 1. The fourth-order valence-corrected chi connectivity index (χ4v) is 2.37. The van der Waals surface area contributed by atoms with Crippen LogP contribution in [0.25, 0.3) is 0 Å². The lowest BCUT2D eigenvalue weighted by molar-refractivity contribution is 0.280. The summed E-state index contributed by atoms with van der Waals surface area (Å²) in [5.41, 5.74) is 5.56. The van der Waals surface area contributed by atoms with E-state index in [4.69, 9.17) is 0 Å². The molecule has 1 aromatic rings. The maximum Gasteiger partial charge on any atom is 0.0684 e. The first kappa shape index (κ1) is 10.7. The largest absolute Gasteiger partial charge is 0.392 e. The highest BCUT2D eigenvalue weighted by Crippen LogP contribution is 2.32. The van der Waals surface area contributed by atoms with Gasteiger partial charge in [-0.15, -0.1) is 0 Å². The van der Waals surface area contributed by atoms with Crippen LogP contribution in [-0.4, -0.2) is 5.11 Å². The van der Waals surface area contributed by atoms with Crippen LogP contribution >= 0.6 is 0 Å². The van der Waals surface area contributed by atoms with Gasteiger partial charge in [-0.05, 0) is 46.9 Å². The van der Waals surface area contributed by atoms with Gasteiger partial charge in [0, 0.05) is 0 Å². The van der Waals surface area contributed by atoms with Crippen molar-refractivity contribution in [3.8, 4) is 0 Å². The zero-order chi connectivity index (χ0) is 11.1. The Labute approximate surface area is 92.1 Å². The summed E-state index contributed by atoms with van der Waals surface area (Å²) >= 11 is 0. The average Bonchev–Trinajstić information content (AvgIpc) is 2.62. The molecule has 1 aliphatic rings. The van der Waals surface area contributed by atoms with Crippen molar-refractivity contribution in [1.82, 2.24) is 0 Å². The fraction of sp³-hybridized carbons (Fsp3) is 0.571. The van der Waals surface area contributed by atoms with E-state index in [2.05, 4.69) is 32.9 Å². The molecule has 0 fully saturated rings. The number of aliphatic hydroxyl groups is 1. The molecule has 2 rings (SSSR count). The van der Waals surface area contributed by atoms with Crippen LogP contribution in [0.1, 0.15) is 49.4 Å². The molecule has 1 aromatic carbocycles. The molecule has 0 amide bonds. The summed E-state index contributed by atoms with van der Waals surface area (Å²) in [6.45, 7) is 6.87. The lowest BCUT2D eigenvalue weighted by atomic mass is 9.84. The molecule has 0 aromatic heterocycles. The molecule has 0 aliphatic heterocycles. The molecular weight excluding hydrogens is 184 g/mol. The summed E-state index contributed by atoms with van der Waals surface area (Å²) < 4.78 is 0. The number of aryl methyl sites for hydroxylation is 1. The van der Waals surface area contributed by atoms with Crippen LogP contribution in [0, 0.1) is 0 Å². The van der Waals surface area contributed by atoms with Gasteiger partial charge in [-0.3, -0.25) is 0 Å². The molecule has 0 spiro atoms. The summed E-state index contributed by atoms with van der Waals surface area (Å²) in [5, 5.41) is 9.39. The van der Waals surface area contributed by atoms with Crippen molar-refractivity contribution in [3.63, 3.8) is 0 Å². The summed E-state index contributed by atoms with van der Waals surface area (Å²) in [7, 11) is 0. The SMILES string of the molecule is CC(C)(C)c1cc(CO)c2c(c1)CCC2. The Balaban J connectivity index is 2.53. The Kier molecular flexibility index (Phi) is 2.59. The molecule has 82 valence electrons. The first-order chi connectivity index (χ1) is 7.02. The van der Waals surface area contributed by atoms with E-state index in [1.54, 1.807) is 0 Å². The maximum absolute atomic E-state index is 9.39. The molecular formula is C14H20O. The van der Waals surface area contributed by atoms with Crippen molar-refractivity contribution in [1.29, 1.82) is 0 Å². The van der Waals surface area contributed by atoms with Crippen LogP contribution in [-0.2, 0) is 24.9 Å². The normalized spacial score (nSPS) is 15.5. The molecule has 1 N–H and O–H groups in total. The van der Waals surface area contributed by atoms with E-state index in [1.807, 2.05) is 0 Å². The lowest BCUT2D eigenvalue weighted by Gasteiger charge is -2.21. The molecule has 0 saturated carbocycles. The first-order valence-electron chi connectivity index (χ1n) is 5.78. The number of rotatable bonds is 1. The van der Waals surface area contributed by atoms with Crippen molar-refractivity contribution in [2.45, 2.75) is 52.1 Å². The molecule has 15 heavy (non-hydrogen) atoms. The van der Waals surface area contributed by atoms with Gasteiger partial charge < -0.3 is 5.11 Å². The van der Waals surface area contributed by atoms with E-state index in [9.17, 15) is 5.11 Å². The Morgan fingerprint density at radius 1 is 1.20 bits per heavy atom. The van der Waals surface area contributed by atoms with Gasteiger partial charge in [-0.2, -0.15) is 0 Å². The molecule has 0 saturated heterocycles. The molecule has 0 bridgehead atoms. The van der Waals surface area contributed by atoms with Crippen molar-refractivity contribution in [2.75, 3.05) is 0 Å². The molecule has 0 atom stereocenters. The Morgan fingerprint density at radius 2 is 1.93 bits per heavy atom. The second-order valence-electron chi connectivity index (χ2n) is 5.53. The molecule has 0 radical (unpaired) electrons. The van der Waals surface area contributed by atoms with Gasteiger partial charge in [-0.1, -0.05) is 32.9 Å². The minimum atomic E-state index is 0.182. The number of fused-ring (bicyclic) bond motifs is 1. The summed E-state index contributed by atoms with van der Waals surface area (Å²) in [5.74, 6) is 0. The second-order valence-corrected chi connectivity index (χ2v) is 5.53. The van der Waals surface area contributed by atoms with Gasteiger partial charge in [0.25, 0.3) is 0 Å². The van der Waals surface area contributed by atoms with Crippen LogP contribution < -0.4 is 0 Å². The van der Waals surface area contributed by atoms with E-state index in [0.29, 0.717) is 0 Å². The van der Waals surface area contributed by atoms with Crippen molar-refractivity contribution < 1.29 is 5.11 Å². The van der Waals surface area contributed by atoms with E-state index < -0.39 is 0 Å². The van der Waals surface area contributed by atoms with Gasteiger partial charge in [0.2, 0.25) is 0 Å². The molecule has 1 aliphatic carbocycles. The zero-order valence-corrected chi connectivity index (χ0v) is 9.93. The Bertz CT molecular complexity index is 372. The van der Waals surface area contributed by atoms with Crippen LogP contribution in [0.2, 0.25) is 0 Å². The number of hydrogen-bond acceptors (Lipinski definition) is 1. The van der Waals surface area contributed by atoms with Crippen molar-refractivity contribution in [2.24, 2.45) is 0 Å². The second kappa shape index (κ2) is 3.64. The lowest BCUT2D eigenvalue weighted by Crippen LogP contribution is -2.12. The van der Waals surface area contributed by atoms with Crippen LogP contribution in [0.3, 0.4) is 0 Å². The number of hydrogen-bond donors (Lipinski definition) is 1. The average molecular weight is 204 g/mol. The van der Waals surface area contributed by atoms with Gasteiger partial charge in [0.05, 0.1) is 6.61 Å². The van der Waals surface area contributed by atoms with Crippen LogP contribution in [0.4, 0.5) is 0 Å². The first-order valence-corrected chi connectivity index (χ1v) is 5.78. The summed E-state index contributed by atoms with van der Waals surface area (Å²) in [6.07, 6.45) is 3.58. The van der Waals surface area contributed by atoms with Gasteiger partial charge in [0.15, 0.2) is 0 Å². The summed E-state index contributed by atoms with van der Waals surface area (Å²) in [6, 6.07) is 4.52. The highest BCUT2D eigenvalue weighted by atomic mass is 16.3. The predicted molar refractivity (Wildman–Crippen MR) is 63.1 cm³/mol. The third-order valence-electron chi connectivity index (χ3n) is 3.34. The highest BCUT2D eigenvalue weighted by molar-refractivity contribution is 5.43. The topological polar surface area (TPSA) is 20.2 Å². The maximum atomic E-state index is 9.39. The van der Waals surface area contributed by atoms with Crippen molar-refractivity contribution in [3.05, 3.63) is 34.4 Å². The minimum Gasteiger partial charge on any atom is -0.392 e. The Morgan fingerprint density at radius 3 is 2.53 bits per heavy atom. The van der Waals surface area contributed by atoms with Crippen LogP contribution in [0.15, 0.2) is 12.1 Å². The quantitative estimate of drug-likeness (QED) is 0.745. The van der Waals surface area contributed by atoms with Crippen molar-refractivity contribution >= 4 is 0 Å². The molecule has 1 heteroatoms. The molecule has 1 nitrogen and oxygen atoms in total. The fourth-order valence-electron chi connectivity index (χ4n) is 2.37. The van der Waals surface area contributed by atoms with Gasteiger partial charge >= 0.3 is 0 Å². The highest BCUT2D eigenvalue weighted by Gasteiger charge is 2.20. The van der Waals surface area contributed by atoms with E-state index in [-0.39, 0.29) is 12.0 Å². The third-order valence-corrected chi connectivity index (χ3v) is 3.34. The standard InChI is InChI=1S/C14H20O/c1-14(2,3)12-7-10-5-4-6-13(10)11(8-12)9-15/h7-8,15H,4-6,9H2,1-3H3.